The summed E-state index contributed by atoms with van der Waals surface area (Å²) in [5, 5.41) is 11.0. The molecule has 0 aromatic heterocycles. The van der Waals surface area contributed by atoms with Crippen LogP contribution in [0.2, 0.25) is 0 Å². The van der Waals surface area contributed by atoms with Crippen LogP contribution in [0.4, 0.5) is 0 Å². The first kappa shape index (κ1) is 15.2. The minimum Gasteiger partial charge on any atom is -0.480 e. The van der Waals surface area contributed by atoms with E-state index >= 15 is 0 Å². The molecule has 0 bridgehead atoms. The van der Waals surface area contributed by atoms with Gasteiger partial charge in [-0.05, 0) is 22.9 Å². The summed E-state index contributed by atoms with van der Waals surface area (Å²) < 4.78 is 0. The van der Waals surface area contributed by atoms with E-state index in [9.17, 15) is 19.5 Å². The number of carbonyl (C=O) groups is 3. The van der Waals surface area contributed by atoms with Crippen molar-refractivity contribution in [3.05, 3.63) is 47.5 Å². The van der Waals surface area contributed by atoms with Gasteiger partial charge in [0.15, 0.2) is 0 Å². The topological polar surface area (TPSA) is 74.7 Å². The van der Waals surface area contributed by atoms with Crippen LogP contribution in [0.5, 0.6) is 0 Å². The highest BCUT2D eigenvalue weighted by Gasteiger charge is 2.45. The molecular formula is C18H17NO4. The van der Waals surface area contributed by atoms with Gasteiger partial charge in [-0.2, -0.15) is 0 Å². The Morgan fingerprint density at radius 3 is 1.87 bits per heavy atom. The number of amides is 2. The van der Waals surface area contributed by atoms with Crippen molar-refractivity contribution in [2.45, 2.75) is 26.8 Å². The lowest BCUT2D eigenvalue weighted by atomic mass is 9.83. The van der Waals surface area contributed by atoms with E-state index in [-0.39, 0.29) is 0 Å². The third kappa shape index (κ3) is 2.20. The Hall–Kier alpha value is -2.69. The lowest BCUT2D eigenvalue weighted by Crippen LogP contribution is -2.55. The number of rotatable bonds is 2. The number of hydrogen-bond donors (Lipinski definition) is 1. The summed E-state index contributed by atoms with van der Waals surface area (Å²) in [6.45, 7) is 5.11. The second-order valence-electron chi connectivity index (χ2n) is 6.80. The van der Waals surface area contributed by atoms with E-state index < -0.39 is 29.2 Å². The van der Waals surface area contributed by atoms with Crippen LogP contribution in [0.1, 0.15) is 41.5 Å². The van der Waals surface area contributed by atoms with Crippen molar-refractivity contribution in [2.75, 3.05) is 0 Å². The maximum atomic E-state index is 12.8. The zero-order valence-electron chi connectivity index (χ0n) is 13.2. The Kier molecular flexibility index (Phi) is 3.25. The zero-order chi connectivity index (χ0) is 16.9. The molecule has 118 valence electrons. The van der Waals surface area contributed by atoms with Crippen molar-refractivity contribution in [1.82, 2.24) is 4.90 Å². The van der Waals surface area contributed by atoms with E-state index in [1.54, 1.807) is 45.0 Å². The van der Waals surface area contributed by atoms with E-state index in [2.05, 4.69) is 0 Å². The van der Waals surface area contributed by atoms with Crippen molar-refractivity contribution in [3.63, 3.8) is 0 Å². The fourth-order valence-corrected chi connectivity index (χ4v) is 3.15. The molecule has 2 aromatic rings. The highest BCUT2D eigenvalue weighted by Crippen LogP contribution is 2.34. The number of nitrogens with zero attached hydrogens (tertiary/aromatic N) is 1. The first-order chi connectivity index (χ1) is 10.7. The smallest absolute Gasteiger partial charge is 0.327 e. The zero-order valence-corrected chi connectivity index (χ0v) is 13.2. The SMILES string of the molecule is CC(C)(C)[C@H](C(=O)O)N1C(=O)c2cccc3cccc(c23)C1=O. The van der Waals surface area contributed by atoms with E-state index in [1.165, 1.54) is 0 Å². The molecule has 1 N–H and O–H groups in total. The maximum absolute atomic E-state index is 12.8. The molecule has 23 heavy (non-hydrogen) atoms. The molecule has 1 aliphatic heterocycles. The quantitative estimate of drug-likeness (QED) is 0.865. The van der Waals surface area contributed by atoms with Gasteiger partial charge in [-0.3, -0.25) is 14.5 Å². The standard InChI is InChI=1S/C18H17NO4/c1-18(2,3)14(17(22)23)19-15(20)11-8-4-6-10-7-5-9-12(13(10)11)16(19)21/h4-9,14H,1-3H3,(H,22,23)/t14-/m0/s1. The van der Waals surface area contributed by atoms with Gasteiger partial charge in [0, 0.05) is 16.5 Å². The van der Waals surface area contributed by atoms with Crippen LogP contribution in [-0.2, 0) is 4.79 Å². The Labute approximate surface area is 133 Å². The number of aliphatic carboxylic acids is 1. The summed E-state index contributed by atoms with van der Waals surface area (Å²) in [4.78, 5) is 38.3. The average Bonchev–Trinajstić information content (AvgIpc) is 2.47. The maximum Gasteiger partial charge on any atom is 0.327 e. The van der Waals surface area contributed by atoms with Gasteiger partial charge < -0.3 is 5.11 Å². The molecule has 5 nitrogen and oxygen atoms in total. The van der Waals surface area contributed by atoms with E-state index in [4.69, 9.17) is 0 Å². The molecule has 1 atom stereocenters. The van der Waals surface area contributed by atoms with E-state index in [0.717, 1.165) is 10.3 Å². The number of imide groups is 1. The number of carboxylic acids is 1. The summed E-state index contributed by atoms with van der Waals surface area (Å²) >= 11 is 0. The molecule has 0 saturated heterocycles. The second-order valence-corrected chi connectivity index (χ2v) is 6.80. The van der Waals surface area contributed by atoms with Crippen molar-refractivity contribution in [3.8, 4) is 0 Å². The Morgan fingerprint density at radius 1 is 1.00 bits per heavy atom. The summed E-state index contributed by atoms with van der Waals surface area (Å²) in [6.07, 6.45) is 0. The summed E-state index contributed by atoms with van der Waals surface area (Å²) in [7, 11) is 0. The molecule has 0 radical (unpaired) electrons. The molecule has 1 aliphatic rings. The van der Waals surface area contributed by atoms with Crippen LogP contribution >= 0.6 is 0 Å². The fourth-order valence-electron chi connectivity index (χ4n) is 3.15. The predicted molar refractivity (Wildman–Crippen MR) is 85.3 cm³/mol. The normalized spacial score (nSPS) is 15.9. The molecular weight excluding hydrogens is 294 g/mol. The van der Waals surface area contributed by atoms with Crippen molar-refractivity contribution in [1.29, 1.82) is 0 Å². The van der Waals surface area contributed by atoms with Gasteiger partial charge >= 0.3 is 5.97 Å². The Morgan fingerprint density at radius 2 is 1.48 bits per heavy atom. The molecule has 0 aliphatic carbocycles. The van der Waals surface area contributed by atoms with E-state index in [0.29, 0.717) is 16.5 Å². The lowest BCUT2D eigenvalue weighted by Gasteiger charge is -2.38. The molecule has 3 rings (SSSR count). The molecule has 1 heterocycles. The molecule has 0 saturated carbocycles. The number of carboxylic acid groups (broad SMARTS) is 1. The lowest BCUT2D eigenvalue weighted by molar-refractivity contribution is -0.145. The minimum absolute atomic E-state index is 0.369. The van der Waals surface area contributed by atoms with Gasteiger partial charge in [0.2, 0.25) is 0 Å². The molecule has 0 spiro atoms. The van der Waals surface area contributed by atoms with Crippen LogP contribution in [0.25, 0.3) is 10.8 Å². The minimum atomic E-state index is -1.23. The van der Waals surface area contributed by atoms with Gasteiger partial charge in [-0.25, -0.2) is 4.79 Å². The number of hydrogen-bond acceptors (Lipinski definition) is 3. The highest BCUT2D eigenvalue weighted by molar-refractivity contribution is 6.26. The van der Waals surface area contributed by atoms with Crippen LogP contribution in [0.15, 0.2) is 36.4 Å². The first-order valence-electron chi connectivity index (χ1n) is 7.36. The molecule has 0 fully saturated rings. The van der Waals surface area contributed by atoms with Crippen molar-refractivity contribution >= 4 is 28.6 Å². The molecule has 2 aromatic carbocycles. The Bertz CT molecular complexity index is 797. The molecule has 5 heteroatoms. The van der Waals surface area contributed by atoms with Crippen LogP contribution in [-0.4, -0.2) is 33.8 Å². The second kappa shape index (κ2) is 4.91. The van der Waals surface area contributed by atoms with Gasteiger partial charge in [-0.15, -0.1) is 0 Å². The third-order valence-corrected chi connectivity index (χ3v) is 4.12. The third-order valence-electron chi connectivity index (χ3n) is 4.12. The van der Waals surface area contributed by atoms with Crippen LogP contribution < -0.4 is 0 Å². The fraction of sp³-hybridized carbons (Fsp3) is 0.278. The Balaban J connectivity index is 2.27. The largest absolute Gasteiger partial charge is 0.480 e. The average molecular weight is 311 g/mol. The summed E-state index contributed by atoms with van der Waals surface area (Å²) in [5.41, 5.74) is -0.0430. The van der Waals surface area contributed by atoms with Crippen LogP contribution in [0.3, 0.4) is 0 Å². The van der Waals surface area contributed by atoms with Gasteiger partial charge in [0.05, 0.1) is 0 Å². The summed E-state index contributed by atoms with van der Waals surface area (Å²) in [6, 6.07) is 9.17. The molecule has 0 unspecified atom stereocenters. The summed E-state index contributed by atoms with van der Waals surface area (Å²) in [5.74, 6) is -2.30. The van der Waals surface area contributed by atoms with Gasteiger partial charge in [-0.1, -0.05) is 45.0 Å². The van der Waals surface area contributed by atoms with Crippen molar-refractivity contribution < 1.29 is 19.5 Å². The monoisotopic (exact) mass is 311 g/mol. The van der Waals surface area contributed by atoms with Crippen molar-refractivity contribution in [2.24, 2.45) is 5.41 Å². The molecule has 2 amide bonds. The predicted octanol–water partition coefficient (Wildman–Crippen LogP) is 2.94. The number of carbonyl (C=O) groups excluding carboxylic acids is 2. The van der Waals surface area contributed by atoms with Crippen LogP contribution in [0, 0.1) is 5.41 Å². The van der Waals surface area contributed by atoms with E-state index in [1.807, 2.05) is 12.1 Å². The first-order valence-corrected chi connectivity index (χ1v) is 7.36. The highest BCUT2D eigenvalue weighted by atomic mass is 16.4. The number of benzene rings is 2. The van der Waals surface area contributed by atoms with Gasteiger partial charge in [0.1, 0.15) is 6.04 Å². The van der Waals surface area contributed by atoms with Gasteiger partial charge in [0.25, 0.3) is 11.8 Å².